The van der Waals surface area contributed by atoms with E-state index in [2.05, 4.69) is 0 Å². The van der Waals surface area contributed by atoms with Crippen LogP contribution in [0.25, 0.3) is 0 Å². The number of hydrogen-bond acceptors (Lipinski definition) is 3. The normalized spacial score (nSPS) is 37.0. The van der Waals surface area contributed by atoms with Gasteiger partial charge >= 0.3 is 5.97 Å². The standard InChI is InChI=1S/C17H22O3S/c18-16(19)14-1-2-15(20-14)21-4-3-17-8-11-5-12(9-17)7-13(6-11)10-17/h1-2,11-13H,3-10H2,(H,18,19). The van der Waals surface area contributed by atoms with E-state index in [-0.39, 0.29) is 5.76 Å². The average molecular weight is 306 g/mol. The van der Waals surface area contributed by atoms with Crippen molar-refractivity contribution in [1.82, 2.24) is 0 Å². The van der Waals surface area contributed by atoms with Crippen molar-refractivity contribution in [2.24, 2.45) is 23.2 Å². The molecule has 4 aliphatic rings. The van der Waals surface area contributed by atoms with E-state index in [1.54, 1.807) is 23.9 Å². The Hall–Kier alpha value is -0.900. The van der Waals surface area contributed by atoms with Crippen LogP contribution >= 0.6 is 11.8 Å². The molecule has 4 fully saturated rings. The molecule has 1 N–H and O–H groups in total. The number of thioether (sulfide) groups is 1. The van der Waals surface area contributed by atoms with E-state index in [0.717, 1.165) is 28.6 Å². The molecule has 0 saturated heterocycles. The van der Waals surface area contributed by atoms with Gasteiger partial charge in [-0.15, -0.1) is 0 Å². The molecule has 0 spiro atoms. The zero-order valence-electron chi connectivity index (χ0n) is 12.2. The van der Waals surface area contributed by atoms with E-state index in [4.69, 9.17) is 9.52 Å². The second-order valence-electron chi connectivity index (χ2n) is 7.44. The van der Waals surface area contributed by atoms with Crippen LogP contribution in [0.3, 0.4) is 0 Å². The van der Waals surface area contributed by atoms with Crippen LogP contribution in [-0.2, 0) is 0 Å². The SMILES string of the molecule is O=C(O)c1ccc(SCCC23CC4CC(CC(C4)C2)C3)o1. The summed E-state index contributed by atoms with van der Waals surface area (Å²) < 4.78 is 5.33. The fraction of sp³-hybridized carbons (Fsp3) is 0.706. The van der Waals surface area contributed by atoms with Gasteiger partial charge in [0, 0.05) is 5.75 Å². The van der Waals surface area contributed by atoms with E-state index in [0.29, 0.717) is 5.41 Å². The van der Waals surface area contributed by atoms with Gasteiger partial charge in [-0.1, -0.05) is 11.8 Å². The molecular formula is C17H22O3S. The molecule has 0 unspecified atom stereocenters. The largest absolute Gasteiger partial charge is 0.475 e. The van der Waals surface area contributed by atoms with Crippen LogP contribution in [0.15, 0.2) is 21.6 Å². The molecule has 4 heteroatoms. The lowest BCUT2D eigenvalue weighted by Gasteiger charge is -2.57. The van der Waals surface area contributed by atoms with E-state index in [1.807, 2.05) is 0 Å². The molecule has 4 bridgehead atoms. The summed E-state index contributed by atoms with van der Waals surface area (Å²) in [7, 11) is 0. The smallest absolute Gasteiger partial charge is 0.371 e. The monoisotopic (exact) mass is 306 g/mol. The predicted octanol–water partition coefficient (Wildman–Crippen LogP) is 4.68. The third-order valence-corrected chi connectivity index (χ3v) is 6.75. The number of carboxylic acid groups (broad SMARTS) is 1. The molecule has 114 valence electrons. The molecule has 0 aliphatic heterocycles. The molecule has 0 aromatic carbocycles. The van der Waals surface area contributed by atoms with Crippen molar-refractivity contribution in [2.75, 3.05) is 5.75 Å². The first-order valence-electron chi connectivity index (χ1n) is 8.08. The number of aromatic carboxylic acids is 1. The summed E-state index contributed by atoms with van der Waals surface area (Å²) in [5.74, 6) is 3.13. The van der Waals surface area contributed by atoms with Crippen LogP contribution in [0.1, 0.15) is 55.5 Å². The van der Waals surface area contributed by atoms with Crippen molar-refractivity contribution in [3.63, 3.8) is 0 Å². The third kappa shape index (κ3) is 2.63. The van der Waals surface area contributed by atoms with Crippen molar-refractivity contribution in [1.29, 1.82) is 0 Å². The van der Waals surface area contributed by atoms with Gasteiger partial charge in [-0.3, -0.25) is 0 Å². The van der Waals surface area contributed by atoms with Crippen LogP contribution < -0.4 is 0 Å². The van der Waals surface area contributed by atoms with Gasteiger partial charge in [0.05, 0.1) is 0 Å². The van der Waals surface area contributed by atoms with Crippen molar-refractivity contribution >= 4 is 17.7 Å². The van der Waals surface area contributed by atoms with Gasteiger partial charge in [0.25, 0.3) is 0 Å². The molecule has 3 nitrogen and oxygen atoms in total. The molecule has 5 rings (SSSR count). The molecule has 1 heterocycles. The minimum Gasteiger partial charge on any atom is -0.475 e. The maximum absolute atomic E-state index is 10.8. The van der Waals surface area contributed by atoms with Gasteiger partial charge in [-0.2, -0.15) is 0 Å². The molecule has 0 atom stereocenters. The molecule has 1 aromatic rings. The summed E-state index contributed by atoms with van der Waals surface area (Å²) in [5, 5.41) is 9.62. The summed E-state index contributed by atoms with van der Waals surface area (Å²) in [6.07, 6.45) is 10.1. The predicted molar refractivity (Wildman–Crippen MR) is 81.6 cm³/mol. The van der Waals surface area contributed by atoms with Crippen molar-refractivity contribution in [3.8, 4) is 0 Å². The number of hydrogen-bond donors (Lipinski definition) is 1. The second kappa shape index (κ2) is 5.08. The van der Waals surface area contributed by atoms with Crippen LogP contribution in [0.4, 0.5) is 0 Å². The number of rotatable bonds is 5. The highest BCUT2D eigenvalue weighted by atomic mass is 32.2. The maximum Gasteiger partial charge on any atom is 0.371 e. The molecule has 4 aliphatic carbocycles. The minimum atomic E-state index is -0.983. The molecular weight excluding hydrogens is 284 g/mol. The minimum absolute atomic E-state index is 0.0484. The van der Waals surface area contributed by atoms with Gasteiger partial charge in [0.2, 0.25) is 5.76 Å². The Morgan fingerprint density at radius 1 is 1.19 bits per heavy atom. The Morgan fingerprint density at radius 2 is 1.81 bits per heavy atom. The Labute approximate surface area is 129 Å². The van der Waals surface area contributed by atoms with E-state index >= 15 is 0 Å². The molecule has 4 saturated carbocycles. The lowest BCUT2D eigenvalue weighted by atomic mass is 9.49. The van der Waals surface area contributed by atoms with E-state index in [9.17, 15) is 4.79 Å². The lowest BCUT2D eigenvalue weighted by Crippen LogP contribution is -2.46. The summed E-state index contributed by atoms with van der Waals surface area (Å²) in [6, 6.07) is 3.34. The molecule has 1 aromatic heterocycles. The van der Waals surface area contributed by atoms with Gasteiger partial charge < -0.3 is 9.52 Å². The molecule has 0 radical (unpaired) electrons. The lowest BCUT2D eigenvalue weighted by molar-refractivity contribution is -0.0538. The maximum atomic E-state index is 10.8. The molecule has 21 heavy (non-hydrogen) atoms. The first-order chi connectivity index (χ1) is 10.1. The van der Waals surface area contributed by atoms with Crippen LogP contribution in [-0.4, -0.2) is 16.8 Å². The third-order valence-electron chi connectivity index (χ3n) is 5.83. The topological polar surface area (TPSA) is 50.4 Å². The van der Waals surface area contributed by atoms with E-state index < -0.39 is 5.97 Å². The second-order valence-corrected chi connectivity index (χ2v) is 8.54. The van der Waals surface area contributed by atoms with Crippen molar-refractivity contribution < 1.29 is 14.3 Å². The summed E-state index contributed by atoms with van der Waals surface area (Å²) >= 11 is 1.68. The number of carboxylic acids is 1. The van der Waals surface area contributed by atoms with Crippen LogP contribution in [0.2, 0.25) is 0 Å². The van der Waals surface area contributed by atoms with Crippen LogP contribution in [0.5, 0.6) is 0 Å². The fourth-order valence-electron chi connectivity index (χ4n) is 5.48. The Morgan fingerprint density at radius 3 is 2.33 bits per heavy atom. The Bertz CT molecular complexity index is 513. The van der Waals surface area contributed by atoms with Crippen molar-refractivity contribution in [2.45, 2.75) is 50.0 Å². The van der Waals surface area contributed by atoms with E-state index in [1.165, 1.54) is 44.9 Å². The zero-order valence-corrected chi connectivity index (χ0v) is 13.0. The number of carbonyl (C=O) groups is 1. The highest BCUT2D eigenvalue weighted by Crippen LogP contribution is 2.61. The van der Waals surface area contributed by atoms with Gasteiger partial charge in [0.15, 0.2) is 5.09 Å². The van der Waals surface area contributed by atoms with Gasteiger partial charge in [-0.05, 0) is 80.2 Å². The molecule has 0 amide bonds. The first kappa shape index (κ1) is 13.7. The number of furan rings is 1. The highest BCUT2D eigenvalue weighted by Gasteiger charge is 2.50. The van der Waals surface area contributed by atoms with Gasteiger partial charge in [0.1, 0.15) is 0 Å². The highest BCUT2D eigenvalue weighted by molar-refractivity contribution is 7.99. The van der Waals surface area contributed by atoms with Crippen LogP contribution in [0, 0.1) is 23.2 Å². The Balaban J connectivity index is 1.35. The Kier molecular flexibility index (Phi) is 3.32. The summed E-state index contributed by atoms with van der Waals surface area (Å²) in [6.45, 7) is 0. The fourth-order valence-corrected chi connectivity index (χ4v) is 6.53. The van der Waals surface area contributed by atoms with Crippen molar-refractivity contribution in [3.05, 3.63) is 17.9 Å². The summed E-state index contributed by atoms with van der Waals surface area (Å²) in [4.78, 5) is 10.8. The zero-order chi connectivity index (χ0) is 14.4. The first-order valence-corrected chi connectivity index (χ1v) is 9.06. The quantitative estimate of drug-likeness (QED) is 0.803. The average Bonchev–Trinajstić information content (AvgIpc) is 2.85. The van der Waals surface area contributed by atoms with Gasteiger partial charge in [-0.25, -0.2) is 4.79 Å². The summed E-state index contributed by atoms with van der Waals surface area (Å²) in [5.41, 5.74) is 0.601.